The molecule has 3 aliphatic rings. The minimum atomic E-state index is -0.802. The molecule has 1 atom stereocenters. The fourth-order valence-corrected chi connectivity index (χ4v) is 5.94. The summed E-state index contributed by atoms with van der Waals surface area (Å²) in [4.78, 5) is 35.7. The number of aliphatic hydroxyl groups is 1. The number of rotatable bonds is 8. The van der Waals surface area contributed by atoms with Gasteiger partial charge in [-0.05, 0) is 77.3 Å². The van der Waals surface area contributed by atoms with E-state index < -0.39 is 6.10 Å². The number of amides is 1. The molecule has 39 heavy (non-hydrogen) atoms. The number of halogens is 1. The summed E-state index contributed by atoms with van der Waals surface area (Å²) in [5.41, 5.74) is 4.90. The number of fused-ring (bicyclic) bond motifs is 2. The van der Waals surface area contributed by atoms with Crippen molar-refractivity contribution < 1.29 is 14.6 Å². The fourth-order valence-electron chi connectivity index (χ4n) is 5.54. The van der Waals surface area contributed by atoms with Crippen LogP contribution in [0.25, 0.3) is 0 Å². The van der Waals surface area contributed by atoms with Crippen molar-refractivity contribution in [2.75, 3.05) is 31.6 Å². The standard InChI is InChI=1S/C29H30BrN5O4/c30-22-3-1-2-4-26(22)39-16-20(36)14-33-23-7-10-32-28(37)27(23)25-12-17-11-18-15-35(19-5-8-31-9-6-19)29(38)21(18)13-24(17)34-25/h1-4,7,10-11,13,19-20,31,36H,5-6,8-9,12,14-16H2,(H2,32,33,37)/t20-/m1/s1. The number of carbonyl (C=O) groups is 1. The Morgan fingerprint density at radius 2 is 1.97 bits per heavy atom. The number of pyridine rings is 1. The summed E-state index contributed by atoms with van der Waals surface area (Å²) in [6, 6.07) is 13.4. The molecule has 1 saturated heterocycles. The van der Waals surface area contributed by atoms with Crippen molar-refractivity contribution in [1.82, 2.24) is 15.2 Å². The van der Waals surface area contributed by atoms with Gasteiger partial charge in [0.05, 0.1) is 27.1 Å². The van der Waals surface area contributed by atoms with Gasteiger partial charge < -0.3 is 30.4 Å². The molecule has 0 bridgehead atoms. The SMILES string of the molecule is O=C1c2cc3c(cc2CN1C1CCNCC1)CC(c1c(NC[C@@H](O)COc2ccccc2Br)cc[nH]c1=O)=N3. The first-order valence-electron chi connectivity index (χ1n) is 13.2. The Kier molecular flexibility index (Phi) is 7.24. The van der Waals surface area contributed by atoms with Gasteiger partial charge in [0.15, 0.2) is 0 Å². The van der Waals surface area contributed by atoms with Gasteiger partial charge in [-0.2, -0.15) is 0 Å². The predicted molar refractivity (Wildman–Crippen MR) is 153 cm³/mol. The quantitative estimate of drug-likeness (QED) is 0.319. The molecule has 4 N–H and O–H groups in total. The Morgan fingerprint density at radius 1 is 1.15 bits per heavy atom. The summed E-state index contributed by atoms with van der Waals surface area (Å²) in [5, 5.41) is 17.1. The number of ether oxygens (including phenoxy) is 1. The van der Waals surface area contributed by atoms with Crippen LogP contribution in [0, 0.1) is 0 Å². The minimum Gasteiger partial charge on any atom is -0.490 e. The van der Waals surface area contributed by atoms with Gasteiger partial charge >= 0.3 is 0 Å². The first-order valence-corrected chi connectivity index (χ1v) is 14.0. The van der Waals surface area contributed by atoms with Gasteiger partial charge in [0, 0.05) is 37.3 Å². The van der Waals surface area contributed by atoms with Crippen LogP contribution >= 0.6 is 15.9 Å². The van der Waals surface area contributed by atoms with E-state index in [9.17, 15) is 14.7 Å². The van der Waals surface area contributed by atoms with E-state index in [1.807, 2.05) is 35.2 Å². The molecule has 0 unspecified atom stereocenters. The van der Waals surface area contributed by atoms with Crippen molar-refractivity contribution in [3.8, 4) is 5.75 Å². The smallest absolute Gasteiger partial charge is 0.259 e. The summed E-state index contributed by atoms with van der Waals surface area (Å²) in [6.45, 7) is 2.78. The molecule has 1 amide bonds. The van der Waals surface area contributed by atoms with Gasteiger partial charge in [0.1, 0.15) is 18.5 Å². The molecule has 1 fully saturated rings. The molecule has 202 valence electrons. The van der Waals surface area contributed by atoms with E-state index in [0.29, 0.717) is 41.2 Å². The molecule has 10 heteroatoms. The molecule has 9 nitrogen and oxygen atoms in total. The topological polar surface area (TPSA) is 119 Å². The Hall–Kier alpha value is -3.47. The number of H-pyrrole nitrogens is 1. The highest BCUT2D eigenvalue weighted by molar-refractivity contribution is 9.10. The van der Waals surface area contributed by atoms with Crippen LogP contribution in [0.5, 0.6) is 5.75 Å². The number of anilines is 1. The number of nitrogens with zero attached hydrogens (tertiary/aromatic N) is 2. The van der Waals surface area contributed by atoms with Crippen molar-refractivity contribution in [2.24, 2.45) is 4.99 Å². The number of hydrogen-bond donors (Lipinski definition) is 4. The zero-order valence-corrected chi connectivity index (χ0v) is 23.0. The van der Waals surface area contributed by atoms with E-state index in [-0.39, 0.29) is 30.7 Å². The Bertz CT molecular complexity index is 1500. The maximum atomic E-state index is 13.2. The highest BCUT2D eigenvalue weighted by Gasteiger charge is 2.35. The number of carbonyl (C=O) groups excluding carboxylic acids is 1. The van der Waals surface area contributed by atoms with Gasteiger partial charge in [-0.1, -0.05) is 18.2 Å². The molecule has 0 saturated carbocycles. The highest BCUT2D eigenvalue weighted by Crippen LogP contribution is 2.37. The summed E-state index contributed by atoms with van der Waals surface area (Å²) >= 11 is 3.43. The number of aromatic amines is 1. The van der Waals surface area contributed by atoms with Crippen LogP contribution in [0.3, 0.4) is 0 Å². The van der Waals surface area contributed by atoms with Crippen molar-refractivity contribution in [1.29, 1.82) is 0 Å². The zero-order valence-electron chi connectivity index (χ0n) is 21.4. The summed E-state index contributed by atoms with van der Waals surface area (Å²) in [5.74, 6) is 0.720. The Morgan fingerprint density at radius 3 is 2.79 bits per heavy atom. The van der Waals surface area contributed by atoms with Crippen LogP contribution in [-0.2, 0) is 13.0 Å². The minimum absolute atomic E-state index is 0.0713. The van der Waals surface area contributed by atoms with Gasteiger partial charge in [-0.15, -0.1) is 0 Å². The molecule has 6 rings (SSSR count). The van der Waals surface area contributed by atoms with Crippen LogP contribution in [0.4, 0.5) is 11.4 Å². The Labute approximate surface area is 234 Å². The van der Waals surface area contributed by atoms with Gasteiger partial charge in [-0.25, -0.2) is 0 Å². The second-order valence-electron chi connectivity index (χ2n) is 10.2. The van der Waals surface area contributed by atoms with Crippen molar-refractivity contribution in [3.63, 3.8) is 0 Å². The lowest BCUT2D eigenvalue weighted by Gasteiger charge is -2.31. The number of aromatic nitrogens is 1. The van der Waals surface area contributed by atoms with Crippen molar-refractivity contribution in [3.05, 3.63) is 85.7 Å². The maximum Gasteiger partial charge on any atom is 0.259 e. The van der Waals surface area contributed by atoms with Crippen LogP contribution in [0.15, 0.2) is 62.9 Å². The van der Waals surface area contributed by atoms with Gasteiger partial charge in [0.25, 0.3) is 11.5 Å². The lowest BCUT2D eigenvalue weighted by molar-refractivity contribution is 0.0668. The Balaban J connectivity index is 1.16. The maximum absolute atomic E-state index is 13.2. The van der Waals surface area contributed by atoms with E-state index in [1.165, 1.54) is 0 Å². The van der Waals surface area contributed by atoms with Gasteiger partial charge in [-0.3, -0.25) is 14.6 Å². The highest BCUT2D eigenvalue weighted by atomic mass is 79.9. The molecule has 1 aromatic heterocycles. The lowest BCUT2D eigenvalue weighted by atomic mass is 10.00. The first kappa shape index (κ1) is 25.8. The second kappa shape index (κ2) is 11.0. The molecular formula is C29H30BrN5O4. The predicted octanol–water partition coefficient (Wildman–Crippen LogP) is 3.37. The van der Waals surface area contributed by atoms with Crippen molar-refractivity contribution in [2.45, 2.75) is 38.0 Å². The monoisotopic (exact) mass is 591 g/mol. The number of piperidine rings is 1. The zero-order chi connectivity index (χ0) is 26.9. The van der Waals surface area contributed by atoms with Crippen LogP contribution in [-0.4, -0.2) is 65.0 Å². The second-order valence-corrected chi connectivity index (χ2v) is 11.0. The average molecular weight is 592 g/mol. The van der Waals surface area contributed by atoms with Crippen LogP contribution in [0.1, 0.15) is 39.9 Å². The summed E-state index contributed by atoms with van der Waals surface area (Å²) in [6.07, 6.45) is 3.21. The molecular weight excluding hydrogens is 562 g/mol. The molecule has 3 aromatic rings. The van der Waals surface area contributed by atoms with E-state index in [4.69, 9.17) is 9.73 Å². The van der Waals surface area contributed by atoms with Crippen LogP contribution in [0.2, 0.25) is 0 Å². The molecule has 4 heterocycles. The molecule has 0 aliphatic carbocycles. The fraction of sp³-hybridized carbons (Fsp3) is 0.345. The number of aliphatic imine (C=N–C) groups is 1. The van der Waals surface area contributed by atoms with E-state index in [2.05, 4.69) is 37.6 Å². The number of para-hydroxylation sites is 1. The first-order chi connectivity index (χ1) is 19.0. The van der Waals surface area contributed by atoms with E-state index >= 15 is 0 Å². The molecule has 0 spiro atoms. The average Bonchev–Trinajstić information content (AvgIpc) is 3.50. The van der Waals surface area contributed by atoms with Crippen molar-refractivity contribution >= 4 is 38.9 Å². The number of benzene rings is 2. The third-order valence-corrected chi connectivity index (χ3v) is 8.20. The number of aliphatic hydroxyl groups excluding tert-OH is 1. The number of hydrogen-bond acceptors (Lipinski definition) is 7. The van der Waals surface area contributed by atoms with E-state index in [0.717, 1.165) is 47.2 Å². The largest absolute Gasteiger partial charge is 0.490 e. The molecule has 2 aromatic carbocycles. The van der Waals surface area contributed by atoms with E-state index in [1.54, 1.807) is 12.3 Å². The summed E-state index contributed by atoms with van der Waals surface area (Å²) < 4.78 is 6.53. The summed E-state index contributed by atoms with van der Waals surface area (Å²) in [7, 11) is 0. The van der Waals surface area contributed by atoms with Crippen LogP contribution < -0.4 is 20.9 Å². The molecule has 3 aliphatic heterocycles. The molecule has 0 radical (unpaired) electrons. The third kappa shape index (κ3) is 5.24. The number of nitrogens with one attached hydrogen (secondary N) is 3. The third-order valence-electron chi connectivity index (χ3n) is 7.54. The van der Waals surface area contributed by atoms with Gasteiger partial charge in [0.2, 0.25) is 0 Å². The lowest BCUT2D eigenvalue weighted by Crippen LogP contribution is -2.43. The normalized spacial score (nSPS) is 17.5.